The molecule has 0 rings (SSSR count). The first-order valence-electron chi connectivity index (χ1n) is 14.2. The summed E-state index contributed by atoms with van der Waals surface area (Å²) in [5.74, 6) is 2.41. The zero-order valence-corrected chi connectivity index (χ0v) is 22.5. The number of unbranched alkanes of at least 4 members (excludes halogenated alkanes) is 15. The average Bonchev–Trinajstić information content (AvgIpc) is 2.85. The lowest BCUT2D eigenvalue weighted by Crippen LogP contribution is -2.13. The molecule has 0 aliphatic rings. The van der Waals surface area contributed by atoms with Crippen LogP contribution in [0.15, 0.2) is 0 Å². The van der Waals surface area contributed by atoms with Crippen molar-refractivity contribution in [2.75, 3.05) is 66.1 Å². The van der Waals surface area contributed by atoms with Crippen LogP contribution in [0.3, 0.4) is 0 Å². The lowest BCUT2D eigenvalue weighted by Gasteiger charge is -2.07. The van der Waals surface area contributed by atoms with Gasteiger partial charge in [-0.1, -0.05) is 109 Å². The zero-order chi connectivity index (χ0) is 24.6. The van der Waals surface area contributed by atoms with Crippen LogP contribution >= 0.6 is 0 Å². The summed E-state index contributed by atoms with van der Waals surface area (Å²) in [5, 5.41) is 0. The molecule has 0 aromatic heterocycles. The van der Waals surface area contributed by atoms with E-state index in [0.29, 0.717) is 59.5 Å². The highest BCUT2D eigenvalue weighted by molar-refractivity contribution is 4.82. The minimum atomic E-state index is 0.334. The van der Waals surface area contributed by atoms with E-state index in [0.717, 1.165) is 13.0 Å². The van der Waals surface area contributed by atoms with Crippen molar-refractivity contribution < 1.29 is 23.7 Å². The predicted molar refractivity (Wildman–Crippen MR) is 142 cm³/mol. The van der Waals surface area contributed by atoms with Crippen molar-refractivity contribution >= 4 is 0 Å². The van der Waals surface area contributed by atoms with Gasteiger partial charge < -0.3 is 23.7 Å². The molecule has 0 aromatic carbocycles. The second-order valence-electron chi connectivity index (χ2n) is 9.01. The van der Waals surface area contributed by atoms with E-state index in [1.165, 1.54) is 96.3 Å². The molecule has 0 atom stereocenters. The Morgan fingerprint density at radius 3 is 1.03 bits per heavy atom. The molecule has 0 saturated carbocycles. The first-order valence-corrected chi connectivity index (χ1v) is 14.2. The van der Waals surface area contributed by atoms with Gasteiger partial charge in [0.1, 0.15) is 6.61 Å². The molecule has 0 fully saturated rings. The van der Waals surface area contributed by atoms with Gasteiger partial charge in [0.2, 0.25) is 0 Å². The first-order chi connectivity index (χ1) is 16.9. The fourth-order valence-corrected chi connectivity index (χ4v) is 3.76. The van der Waals surface area contributed by atoms with Crippen LogP contribution in [0.25, 0.3) is 0 Å². The lowest BCUT2D eigenvalue weighted by molar-refractivity contribution is -0.00935. The van der Waals surface area contributed by atoms with Crippen LogP contribution in [0.5, 0.6) is 0 Å². The Bertz CT molecular complexity index is 396. The highest BCUT2D eigenvalue weighted by Crippen LogP contribution is 2.13. The molecular weight excluding hydrogens is 428 g/mol. The molecule has 5 nitrogen and oxygen atoms in total. The fraction of sp³-hybridized carbons (Fsp3) is 0.931. The molecule has 0 spiro atoms. The van der Waals surface area contributed by atoms with Gasteiger partial charge in [-0.3, -0.25) is 0 Å². The Morgan fingerprint density at radius 2 is 0.676 bits per heavy atom. The van der Waals surface area contributed by atoms with Crippen LogP contribution in [0.4, 0.5) is 0 Å². The molecular formula is C29H56O5. The molecule has 5 heteroatoms. The Labute approximate surface area is 212 Å². The maximum atomic E-state index is 5.64. The summed E-state index contributed by atoms with van der Waals surface area (Å²) in [6.45, 7) is 8.12. The van der Waals surface area contributed by atoms with Gasteiger partial charge in [0, 0.05) is 6.61 Å². The van der Waals surface area contributed by atoms with E-state index in [9.17, 15) is 0 Å². The number of hydrogen-bond donors (Lipinski definition) is 0. The van der Waals surface area contributed by atoms with Crippen molar-refractivity contribution in [1.82, 2.24) is 0 Å². The van der Waals surface area contributed by atoms with Gasteiger partial charge >= 0.3 is 0 Å². The molecule has 0 aliphatic carbocycles. The number of ether oxygens (including phenoxy) is 5. The zero-order valence-electron chi connectivity index (χ0n) is 22.5. The SMILES string of the molecule is C#CCOCCOCCOCCOCCOCCCCCCCCCCCCCCCCCC. The van der Waals surface area contributed by atoms with E-state index in [1.807, 2.05) is 0 Å². The van der Waals surface area contributed by atoms with Crippen molar-refractivity contribution in [3.8, 4) is 12.3 Å². The minimum absolute atomic E-state index is 0.334. The average molecular weight is 485 g/mol. The van der Waals surface area contributed by atoms with Crippen LogP contribution in [0, 0.1) is 12.3 Å². The normalized spacial score (nSPS) is 11.2. The maximum Gasteiger partial charge on any atom is 0.107 e. The van der Waals surface area contributed by atoms with Crippen LogP contribution in [0.1, 0.15) is 110 Å². The molecule has 0 N–H and O–H groups in total. The van der Waals surface area contributed by atoms with Crippen LogP contribution in [-0.4, -0.2) is 66.1 Å². The van der Waals surface area contributed by atoms with Gasteiger partial charge in [-0.25, -0.2) is 0 Å². The van der Waals surface area contributed by atoms with Gasteiger partial charge in [-0.05, 0) is 6.42 Å². The lowest BCUT2D eigenvalue weighted by atomic mass is 10.0. The third-order valence-electron chi connectivity index (χ3n) is 5.82. The summed E-state index contributed by atoms with van der Waals surface area (Å²) >= 11 is 0. The fourth-order valence-electron chi connectivity index (χ4n) is 3.76. The first kappa shape index (κ1) is 33.4. The summed E-state index contributed by atoms with van der Waals surface area (Å²) in [6.07, 6.45) is 27.4. The van der Waals surface area contributed by atoms with Crippen LogP contribution < -0.4 is 0 Å². The van der Waals surface area contributed by atoms with E-state index in [2.05, 4.69) is 12.8 Å². The van der Waals surface area contributed by atoms with E-state index in [4.69, 9.17) is 30.1 Å². The number of rotatable bonds is 30. The summed E-state index contributed by atoms with van der Waals surface area (Å²) in [4.78, 5) is 0. The molecule has 34 heavy (non-hydrogen) atoms. The van der Waals surface area contributed by atoms with Gasteiger partial charge in [-0.15, -0.1) is 6.42 Å². The Balaban J connectivity index is 3.00. The molecule has 0 bridgehead atoms. The second kappa shape index (κ2) is 32.4. The molecule has 0 saturated heterocycles. The summed E-state index contributed by atoms with van der Waals surface area (Å²) < 4.78 is 27.1. The number of hydrogen-bond acceptors (Lipinski definition) is 5. The Kier molecular flexibility index (Phi) is 31.8. The van der Waals surface area contributed by atoms with Crippen LogP contribution in [0.2, 0.25) is 0 Å². The van der Waals surface area contributed by atoms with E-state index in [-0.39, 0.29) is 0 Å². The molecule has 0 amide bonds. The summed E-state index contributed by atoms with van der Waals surface area (Å²) in [6, 6.07) is 0. The molecule has 0 heterocycles. The monoisotopic (exact) mass is 484 g/mol. The van der Waals surface area contributed by atoms with E-state index >= 15 is 0 Å². The maximum absolute atomic E-state index is 5.64. The third kappa shape index (κ3) is 31.4. The van der Waals surface area contributed by atoms with Gasteiger partial charge in [0.25, 0.3) is 0 Å². The van der Waals surface area contributed by atoms with Crippen molar-refractivity contribution in [1.29, 1.82) is 0 Å². The van der Waals surface area contributed by atoms with Crippen molar-refractivity contribution in [3.05, 3.63) is 0 Å². The van der Waals surface area contributed by atoms with E-state index in [1.54, 1.807) is 0 Å². The Hall–Kier alpha value is -0.640. The van der Waals surface area contributed by atoms with Gasteiger partial charge in [0.05, 0.1) is 52.9 Å². The largest absolute Gasteiger partial charge is 0.379 e. The third-order valence-corrected chi connectivity index (χ3v) is 5.82. The van der Waals surface area contributed by atoms with E-state index < -0.39 is 0 Å². The molecule has 202 valence electrons. The summed E-state index contributed by atoms with van der Waals surface area (Å²) in [7, 11) is 0. The van der Waals surface area contributed by atoms with Gasteiger partial charge in [-0.2, -0.15) is 0 Å². The van der Waals surface area contributed by atoms with Crippen LogP contribution in [-0.2, 0) is 23.7 Å². The highest BCUT2D eigenvalue weighted by atomic mass is 16.6. The molecule has 0 radical (unpaired) electrons. The smallest absolute Gasteiger partial charge is 0.107 e. The Morgan fingerprint density at radius 1 is 0.382 bits per heavy atom. The summed E-state index contributed by atoms with van der Waals surface area (Å²) in [5.41, 5.74) is 0. The molecule has 0 unspecified atom stereocenters. The molecule has 0 aromatic rings. The minimum Gasteiger partial charge on any atom is -0.379 e. The van der Waals surface area contributed by atoms with Crippen molar-refractivity contribution in [3.63, 3.8) is 0 Å². The topological polar surface area (TPSA) is 46.2 Å². The molecule has 0 aliphatic heterocycles. The predicted octanol–water partition coefficient (Wildman–Crippen LogP) is 6.96. The van der Waals surface area contributed by atoms with Crippen molar-refractivity contribution in [2.45, 2.75) is 110 Å². The highest BCUT2D eigenvalue weighted by Gasteiger charge is 1.96. The standard InChI is InChI=1S/C29H56O5/c1-3-5-6-7-8-9-10-11-12-13-14-15-16-17-18-19-21-31-23-25-33-27-29-34-28-26-32-24-22-30-20-4-2/h2H,3,5-29H2,1H3. The van der Waals surface area contributed by atoms with Gasteiger partial charge in [0.15, 0.2) is 0 Å². The number of terminal acetylenes is 1. The quantitative estimate of drug-likeness (QED) is 0.0814. The second-order valence-corrected chi connectivity index (χ2v) is 9.01. The van der Waals surface area contributed by atoms with Crippen molar-refractivity contribution in [2.24, 2.45) is 0 Å².